The van der Waals surface area contributed by atoms with Gasteiger partial charge in [-0.15, -0.1) is 0 Å². The largest absolute Gasteiger partial charge is 0.497 e. The molecule has 0 saturated carbocycles. The zero-order valence-electron chi connectivity index (χ0n) is 11.9. The minimum absolute atomic E-state index is 0.106. The highest BCUT2D eigenvalue weighted by molar-refractivity contribution is 6.30. The standard InChI is InChI=1S/C15H19ClN2O2/c1-10(2)7-14-13(9-19)15(16)18(17-14)11-5-4-6-12(8-11)20-3/h4-6,8,10,19H,7,9H2,1-3H3. The van der Waals surface area contributed by atoms with Crippen LogP contribution in [0.15, 0.2) is 24.3 Å². The van der Waals surface area contributed by atoms with Gasteiger partial charge in [0.15, 0.2) is 0 Å². The van der Waals surface area contributed by atoms with Gasteiger partial charge >= 0.3 is 0 Å². The molecule has 20 heavy (non-hydrogen) atoms. The summed E-state index contributed by atoms with van der Waals surface area (Å²) >= 11 is 6.34. The molecule has 0 spiro atoms. The molecule has 0 aliphatic carbocycles. The zero-order valence-corrected chi connectivity index (χ0v) is 12.7. The summed E-state index contributed by atoms with van der Waals surface area (Å²) in [5, 5.41) is 14.5. The van der Waals surface area contributed by atoms with Crippen LogP contribution in [-0.4, -0.2) is 22.0 Å². The number of ether oxygens (including phenoxy) is 1. The summed E-state index contributed by atoms with van der Waals surface area (Å²) in [6.45, 7) is 4.12. The van der Waals surface area contributed by atoms with Gasteiger partial charge in [-0.3, -0.25) is 0 Å². The monoisotopic (exact) mass is 294 g/mol. The first-order valence-corrected chi connectivity index (χ1v) is 6.96. The fourth-order valence-electron chi connectivity index (χ4n) is 2.09. The molecule has 0 unspecified atom stereocenters. The van der Waals surface area contributed by atoms with Crippen LogP contribution in [0.2, 0.25) is 5.15 Å². The molecule has 5 heteroatoms. The third-order valence-electron chi connectivity index (χ3n) is 3.06. The van der Waals surface area contributed by atoms with E-state index in [1.54, 1.807) is 11.8 Å². The second kappa shape index (κ2) is 6.29. The predicted octanol–water partition coefficient (Wildman–Crippen LogP) is 3.23. The Morgan fingerprint density at radius 3 is 2.75 bits per heavy atom. The summed E-state index contributed by atoms with van der Waals surface area (Å²) < 4.78 is 6.86. The van der Waals surface area contributed by atoms with Crippen molar-refractivity contribution in [2.45, 2.75) is 26.9 Å². The Morgan fingerprint density at radius 1 is 1.40 bits per heavy atom. The highest BCUT2D eigenvalue weighted by atomic mass is 35.5. The number of methoxy groups -OCH3 is 1. The van der Waals surface area contributed by atoms with Gasteiger partial charge in [-0.05, 0) is 24.5 Å². The predicted molar refractivity (Wildman–Crippen MR) is 79.6 cm³/mol. The van der Waals surface area contributed by atoms with Crippen LogP contribution >= 0.6 is 11.6 Å². The number of benzene rings is 1. The van der Waals surface area contributed by atoms with Crippen molar-refractivity contribution >= 4 is 11.6 Å². The Labute approximate surface area is 123 Å². The van der Waals surface area contributed by atoms with Gasteiger partial charge in [-0.1, -0.05) is 31.5 Å². The van der Waals surface area contributed by atoms with Crippen molar-refractivity contribution in [3.05, 3.63) is 40.7 Å². The van der Waals surface area contributed by atoms with E-state index in [1.807, 2.05) is 24.3 Å². The fraction of sp³-hybridized carbons (Fsp3) is 0.400. The van der Waals surface area contributed by atoms with Gasteiger partial charge in [0, 0.05) is 11.6 Å². The van der Waals surface area contributed by atoms with Crippen molar-refractivity contribution in [2.24, 2.45) is 5.92 Å². The van der Waals surface area contributed by atoms with Crippen molar-refractivity contribution in [2.75, 3.05) is 7.11 Å². The Bertz CT molecular complexity index is 594. The molecule has 108 valence electrons. The molecule has 1 N–H and O–H groups in total. The van der Waals surface area contributed by atoms with Gasteiger partial charge in [0.1, 0.15) is 10.9 Å². The minimum Gasteiger partial charge on any atom is -0.497 e. The second-order valence-electron chi connectivity index (χ2n) is 5.09. The van der Waals surface area contributed by atoms with Crippen LogP contribution in [0.1, 0.15) is 25.1 Å². The maximum Gasteiger partial charge on any atom is 0.138 e. The first-order valence-electron chi connectivity index (χ1n) is 6.58. The van der Waals surface area contributed by atoms with Crippen molar-refractivity contribution in [3.8, 4) is 11.4 Å². The van der Waals surface area contributed by atoms with Crippen LogP contribution in [0.5, 0.6) is 5.75 Å². The van der Waals surface area contributed by atoms with E-state index in [0.29, 0.717) is 16.6 Å². The van der Waals surface area contributed by atoms with Crippen LogP contribution in [-0.2, 0) is 13.0 Å². The van der Waals surface area contributed by atoms with Crippen LogP contribution in [0.3, 0.4) is 0 Å². The van der Waals surface area contributed by atoms with Gasteiger partial charge < -0.3 is 9.84 Å². The molecular formula is C15H19ClN2O2. The molecule has 0 amide bonds. The van der Waals surface area contributed by atoms with E-state index in [4.69, 9.17) is 16.3 Å². The van der Waals surface area contributed by atoms with Crippen LogP contribution in [0.25, 0.3) is 5.69 Å². The van der Waals surface area contributed by atoms with Crippen molar-refractivity contribution in [3.63, 3.8) is 0 Å². The molecule has 0 bridgehead atoms. The Balaban J connectivity index is 2.48. The summed E-state index contributed by atoms with van der Waals surface area (Å²) in [6.07, 6.45) is 0.784. The summed E-state index contributed by atoms with van der Waals surface area (Å²) in [4.78, 5) is 0. The smallest absolute Gasteiger partial charge is 0.138 e. The molecule has 1 heterocycles. The quantitative estimate of drug-likeness (QED) is 0.921. The molecule has 2 rings (SSSR count). The van der Waals surface area contributed by atoms with E-state index in [2.05, 4.69) is 18.9 Å². The first kappa shape index (κ1) is 14.9. The number of halogens is 1. The lowest BCUT2D eigenvalue weighted by Crippen LogP contribution is -2.00. The van der Waals surface area contributed by atoms with E-state index >= 15 is 0 Å². The summed E-state index contributed by atoms with van der Waals surface area (Å²) in [6, 6.07) is 7.51. The maximum atomic E-state index is 9.51. The summed E-state index contributed by atoms with van der Waals surface area (Å²) in [7, 11) is 1.62. The van der Waals surface area contributed by atoms with Gasteiger partial charge in [-0.25, -0.2) is 4.68 Å². The second-order valence-corrected chi connectivity index (χ2v) is 5.44. The van der Waals surface area contributed by atoms with E-state index in [0.717, 1.165) is 23.6 Å². The van der Waals surface area contributed by atoms with Crippen molar-refractivity contribution in [1.29, 1.82) is 0 Å². The average Bonchev–Trinajstić information content (AvgIpc) is 2.74. The fourth-order valence-corrected chi connectivity index (χ4v) is 2.40. The van der Waals surface area contributed by atoms with Crippen LogP contribution in [0.4, 0.5) is 0 Å². The third kappa shape index (κ3) is 2.97. The average molecular weight is 295 g/mol. The maximum absolute atomic E-state index is 9.51. The molecule has 0 aliphatic heterocycles. The normalized spacial score (nSPS) is 11.1. The molecule has 4 nitrogen and oxygen atoms in total. The summed E-state index contributed by atoms with van der Waals surface area (Å²) in [5.74, 6) is 1.19. The Morgan fingerprint density at radius 2 is 2.15 bits per heavy atom. The van der Waals surface area contributed by atoms with E-state index < -0.39 is 0 Å². The van der Waals surface area contributed by atoms with Crippen LogP contribution in [0, 0.1) is 5.92 Å². The van der Waals surface area contributed by atoms with Crippen molar-refractivity contribution in [1.82, 2.24) is 9.78 Å². The molecule has 0 aliphatic rings. The highest BCUT2D eigenvalue weighted by Crippen LogP contribution is 2.27. The lowest BCUT2D eigenvalue weighted by molar-refractivity contribution is 0.280. The molecule has 1 aromatic heterocycles. The Kier molecular flexibility index (Phi) is 4.68. The van der Waals surface area contributed by atoms with Gasteiger partial charge in [-0.2, -0.15) is 5.10 Å². The lowest BCUT2D eigenvalue weighted by Gasteiger charge is -2.05. The van der Waals surface area contributed by atoms with Gasteiger partial charge in [0.2, 0.25) is 0 Å². The number of nitrogens with zero attached hydrogens (tertiary/aromatic N) is 2. The van der Waals surface area contributed by atoms with E-state index in [9.17, 15) is 5.11 Å². The summed E-state index contributed by atoms with van der Waals surface area (Å²) in [5.41, 5.74) is 2.36. The molecule has 0 radical (unpaired) electrons. The van der Waals surface area contributed by atoms with E-state index in [1.165, 1.54) is 0 Å². The first-order chi connectivity index (χ1) is 9.56. The highest BCUT2D eigenvalue weighted by Gasteiger charge is 2.17. The van der Waals surface area contributed by atoms with E-state index in [-0.39, 0.29) is 6.61 Å². The molecule has 0 saturated heterocycles. The zero-order chi connectivity index (χ0) is 14.7. The number of hydrogen-bond donors (Lipinski definition) is 1. The number of aromatic nitrogens is 2. The third-order valence-corrected chi connectivity index (χ3v) is 3.45. The minimum atomic E-state index is -0.106. The number of aliphatic hydroxyl groups is 1. The number of hydrogen-bond acceptors (Lipinski definition) is 3. The molecule has 0 atom stereocenters. The van der Waals surface area contributed by atoms with Crippen molar-refractivity contribution < 1.29 is 9.84 Å². The topological polar surface area (TPSA) is 47.3 Å². The molecular weight excluding hydrogens is 276 g/mol. The molecule has 2 aromatic rings. The van der Waals surface area contributed by atoms with Gasteiger partial charge in [0.25, 0.3) is 0 Å². The van der Waals surface area contributed by atoms with Gasteiger partial charge in [0.05, 0.1) is 25.1 Å². The molecule has 0 fully saturated rings. The number of rotatable bonds is 5. The SMILES string of the molecule is COc1cccc(-n2nc(CC(C)C)c(CO)c2Cl)c1. The Hall–Kier alpha value is -1.52. The van der Waals surface area contributed by atoms with Crippen LogP contribution < -0.4 is 4.74 Å². The molecule has 1 aromatic carbocycles. The lowest BCUT2D eigenvalue weighted by atomic mass is 10.1. The number of aliphatic hydroxyl groups excluding tert-OH is 1.